The summed E-state index contributed by atoms with van der Waals surface area (Å²) in [5, 5.41) is 25.0. The molecule has 1 unspecified atom stereocenters. The topological polar surface area (TPSA) is 107 Å². The van der Waals surface area contributed by atoms with Crippen LogP contribution in [0.25, 0.3) is 0 Å². The zero-order valence-corrected chi connectivity index (χ0v) is 16.3. The van der Waals surface area contributed by atoms with Crippen molar-refractivity contribution in [2.75, 3.05) is 23.5 Å². The van der Waals surface area contributed by atoms with Crippen LogP contribution < -0.4 is 10.6 Å². The second-order valence-corrected chi connectivity index (χ2v) is 6.87. The van der Waals surface area contributed by atoms with Crippen LogP contribution in [0.5, 0.6) is 0 Å². The van der Waals surface area contributed by atoms with E-state index in [2.05, 4.69) is 20.6 Å². The number of carboxylic acid groups (broad SMARTS) is 1. The largest absolute Gasteiger partial charge is 0.477 e. The number of thioether (sulfide) groups is 1. The van der Waals surface area contributed by atoms with Gasteiger partial charge in [0.25, 0.3) is 0 Å². The van der Waals surface area contributed by atoms with E-state index >= 15 is 0 Å². The zero-order valence-electron chi connectivity index (χ0n) is 15.5. The van der Waals surface area contributed by atoms with Gasteiger partial charge in [0.1, 0.15) is 17.2 Å². The molecule has 3 rings (SSSR count). The van der Waals surface area contributed by atoms with Gasteiger partial charge >= 0.3 is 5.97 Å². The zero-order chi connectivity index (χ0) is 20.8. The van der Waals surface area contributed by atoms with E-state index in [0.717, 1.165) is 11.8 Å². The third-order valence-electron chi connectivity index (χ3n) is 4.12. The van der Waals surface area contributed by atoms with E-state index in [9.17, 15) is 19.4 Å². The van der Waals surface area contributed by atoms with E-state index in [1.54, 1.807) is 18.4 Å². The second kappa shape index (κ2) is 9.35. The van der Waals surface area contributed by atoms with Gasteiger partial charge < -0.3 is 20.8 Å². The van der Waals surface area contributed by atoms with E-state index in [1.807, 2.05) is 30.3 Å². The molecule has 0 amide bonds. The van der Waals surface area contributed by atoms with Crippen LogP contribution >= 0.6 is 11.8 Å². The number of benzene rings is 2. The molecule has 3 aromatic rings. The van der Waals surface area contributed by atoms with Crippen molar-refractivity contribution in [3.05, 3.63) is 71.7 Å². The highest BCUT2D eigenvalue weighted by atomic mass is 32.2. The standard InChI is InChI=1S/C20H19FN4O3S/c1-29-17-8-7-13(9-15(17)21)23-20-22-10-14(19(27)28)18(25-20)24-16(11-26)12-5-3-2-4-6-12/h2-10,16,26H,11H2,1H3,(H,27,28)(H2,22,23,24,25). The van der Waals surface area contributed by atoms with Crippen molar-refractivity contribution in [2.45, 2.75) is 10.9 Å². The quantitative estimate of drug-likeness (QED) is 0.411. The smallest absolute Gasteiger partial charge is 0.341 e. The number of hydrogen-bond donors (Lipinski definition) is 4. The molecule has 0 aliphatic heterocycles. The lowest BCUT2D eigenvalue weighted by atomic mass is 10.1. The van der Waals surface area contributed by atoms with Gasteiger partial charge in [0, 0.05) is 16.8 Å². The number of aliphatic hydroxyl groups excluding tert-OH is 1. The van der Waals surface area contributed by atoms with Crippen LogP contribution in [0.2, 0.25) is 0 Å². The van der Waals surface area contributed by atoms with E-state index in [1.165, 1.54) is 17.8 Å². The molecule has 1 atom stereocenters. The summed E-state index contributed by atoms with van der Waals surface area (Å²) < 4.78 is 14.0. The molecule has 0 saturated carbocycles. The maximum atomic E-state index is 14.0. The van der Waals surface area contributed by atoms with Gasteiger partial charge in [-0.1, -0.05) is 30.3 Å². The Balaban J connectivity index is 1.89. The van der Waals surface area contributed by atoms with Gasteiger partial charge in [-0.2, -0.15) is 4.98 Å². The van der Waals surface area contributed by atoms with Crippen molar-refractivity contribution in [1.29, 1.82) is 0 Å². The number of aromatic carboxylic acids is 1. The minimum Gasteiger partial charge on any atom is -0.477 e. The van der Waals surface area contributed by atoms with Crippen molar-refractivity contribution in [1.82, 2.24) is 9.97 Å². The van der Waals surface area contributed by atoms with Crippen LogP contribution in [0.1, 0.15) is 22.0 Å². The lowest BCUT2D eigenvalue weighted by molar-refractivity contribution is 0.0697. The Kier molecular flexibility index (Phi) is 6.63. The maximum Gasteiger partial charge on any atom is 0.341 e. The Morgan fingerprint density at radius 1 is 1.24 bits per heavy atom. The number of carboxylic acids is 1. The number of nitrogens with one attached hydrogen (secondary N) is 2. The molecule has 1 aromatic heterocycles. The molecule has 0 spiro atoms. The highest BCUT2D eigenvalue weighted by molar-refractivity contribution is 7.98. The number of nitrogens with zero attached hydrogens (tertiary/aromatic N) is 2. The van der Waals surface area contributed by atoms with Crippen molar-refractivity contribution >= 4 is 35.2 Å². The van der Waals surface area contributed by atoms with Gasteiger partial charge in [0.15, 0.2) is 0 Å². The molecule has 4 N–H and O–H groups in total. The Bertz CT molecular complexity index is 1000. The molecule has 150 valence electrons. The van der Waals surface area contributed by atoms with Crippen LogP contribution in [0.15, 0.2) is 59.6 Å². The molecular formula is C20H19FN4O3S. The number of anilines is 3. The first-order chi connectivity index (χ1) is 14.0. The fraction of sp³-hybridized carbons (Fsp3) is 0.150. The Morgan fingerprint density at radius 3 is 2.62 bits per heavy atom. The van der Waals surface area contributed by atoms with E-state index in [0.29, 0.717) is 10.6 Å². The van der Waals surface area contributed by atoms with E-state index in [-0.39, 0.29) is 29.8 Å². The third-order valence-corrected chi connectivity index (χ3v) is 4.89. The van der Waals surface area contributed by atoms with Crippen molar-refractivity contribution < 1.29 is 19.4 Å². The maximum absolute atomic E-state index is 14.0. The van der Waals surface area contributed by atoms with Gasteiger partial charge in [-0.05, 0) is 30.0 Å². The minimum absolute atomic E-state index is 0.0408. The van der Waals surface area contributed by atoms with E-state index in [4.69, 9.17) is 0 Å². The highest BCUT2D eigenvalue weighted by Crippen LogP contribution is 2.25. The first-order valence-electron chi connectivity index (χ1n) is 8.65. The Morgan fingerprint density at radius 2 is 2.00 bits per heavy atom. The van der Waals surface area contributed by atoms with Crippen LogP contribution in [0, 0.1) is 5.82 Å². The predicted molar refractivity (Wildman–Crippen MR) is 110 cm³/mol. The van der Waals surface area contributed by atoms with Gasteiger partial charge in [-0.25, -0.2) is 14.2 Å². The van der Waals surface area contributed by atoms with Gasteiger partial charge in [0.2, 0.25) is 5.95 Å². The number of hydrogen-bond acceptors (Lipinski definition) is 7. The van der Waals surface area contributed by atoms with Crippen LogP contribution in [-0.4, -0.2) is 39.0 Å². The molecule has 0 saturated heterocycles. The van der Waals surface area contributed by atoms with Gasteiger partial charge in [0.05, 0.1) is 12.6 Å². The summed E-state index contributed by atoms with van der Waals surface area (Å²) in [4.78, 5) is 20.3. The highest BCUT2D eigenvalue weighted by Gasteiger charge is 2.18. The van der Waals surface area contributed by atoms with Gasteiger partial charge in [-0.3, -0.25) is 0 Å². The Hall–Kier alpha value is -3.17. The molecule has 9 heteroatoms. The van der Waals surface area contributed by atoms with Gasteiger partial charge in [-0.15, -0.1) is 11.8 Å². The summed E-state index contributed by atoms with van der Waals surface area (Å²) >= 11 is 1.29. The summed E-state index contributed by atoms with van der Waals surface area (Å²) in [5.41, 5.74) is 1.05. The second-order valence-electron chi connectivity index (χ2n) is 6.03. The Labute approximate surface area is 171 Å². The lowest BCUT2D eigenvalue weighted by Crippen LogP contribution is -2.18. The van der Waals surface area contributed by atoms with Crippen LogP contribution in [0.3, 0.4) is 0 Å². The fourth-order valence-corrected chi connectivity index (χ4v) is 3.12. The van der Waals surface area contributed by atoms with Crippen LogP contribution in [-0.2, 0) is 0 Å². The van der Waals surface area contributed by atoms with Crippen LogP contribution in [0.4, 0.5) is 21.8 Å². The molecule has 0 fully saturated rings. The average molecular weight is 414 g/mol. The van der Waals surface area contributed by atoms with Crippen molar-refractivity contribution in [3.63, 3.8) is 0 Å². The fourth-order valence-electron chi connectivity index (χ4n) is 2.67. The molecule has 29 heavy (non-hydrogen) atoms. The minimum atomic E-state index is -1.21. The predicted octanol–water partition coefficient (Wildman–Crippen LogP) is 3.92. The number of aromatic nitrogens is 2. The summed E-state index contributed by atoms with van der Waals surface area (Å²) in [6, 6.07) is 13.2. The average Bonchev–Trinajstić information content (AvgIpc) is 2.72. The summed E-state index contributed by atoms with van der Waals surface area (Å²) in [5.74, 6) is -1.45. The molecule has 0 aliphatic rings. The molecular weight excluding hydrogens is 395 g/mol. The molecule has 7 nitrogen and oxygen atoms in total. The number of carbonyl (C=O) groups is 1. The molecule has 0 aliphatic carbocycles. The lowest BCUT2D eigenvalue weighted by Gasteiger charge is -2.19. The van der Waals surface area contributed by atoms with Crippen molar-refractivity contribution in [3.8, 4) is 0 Å². The third kappa shape index (κ3) is 5.01. The molecule has 0 bridgehead atoms. The van der Waals surface area contributed by atoms with Crippen molar-refractivity contribution in [2.24, 2.45) is 0 Å². The monoisotopic (exact) mass is 414 g/mol. The summed E-state index contributed by atoms with van der Waals surface area (Å²) in [6.45, 7) is -0.267. The summed E-state index contributed by atoms with van der Waals surface area (Å²) in [7, 11) is 0. The molecule has 1 heterocycles. The molecule has 2 aromatic carbocycles. The normalized spacial score (nSPS) is 11.7. The first kappa shape index (κ1) is 20.6. The first-order valence-corrected chi connectivity index (χ1v) is 9.87. The number of rotatable bonds is 8. The number of aliphatic hydroxyl groups is 1. The summed E-state index contributed by atoms with van der Waals surface area (Å²) in [6.07, 6.45) is 2.94. The number of halogens is 1. The molecule has 0 radical (unpaired) electrons. The SMILES string of the molecule is CSc1ccc(Nc2ncc(C(=O)O)c(NC(CO)c3ccccc3)n2)cc1F. The van der Waals surface area contributed by atoms with E-state index < -0.39 is 12.0 Å².